The fraction of sp³-hybridized carbons (Fsp3) is 0.636. The molecule has 15 heavy (non-hydrogen) atoms. The van der Waals surface area contributed by atoms with Gasteiger partial charge in [-0.3, -0.25) is 0 Å². The van der Waals surface area contributed by atoms with E-state index in [-0.39, 0.29) is 6.04 Å². The minimum Gasteiger partial charge on any atom is -0.310 e. The van der Waals surface area contributed by atoms with E-state index in [2.05, 4.69) is 5.32 Å². The predicted octanol–water partition coefficient (Wildman–Crippen LogP) is 2.80. The summed E-state index contributed by atoms with van der Waals surface area (Å²) in [5.74, 6) is 0.312. The van der Waals surface area contributed by atoms with Gasteiger partial charge in [-0.15, -0.1) is 0 Å². The van der Waals surface area contributed by atoms with Gasteiger partial charge in [-0.2, -0.15) is 13.2 Å². The van der Waals surface area contributed by atoms with Gasteiger partial charge in [0.05, 0.1) is 5.57 Å². The van der Waals surface area contributed by atoms with E-state index in [1.165, 1.54) is 12.2 Å². The Bertz CT molecular complexity index is 314. The lowest BCUT2D eigenvalue weighted by atomic mass is 9.80. The third-order valence-corrected chi connectivity index (χ3v) is 3.19. The van der Waals surface area contributed by atoms with Gasteiger partial charge in [-0.1, -0.05) is 6.08 Å². The SMILES string of the molecule is C[C@H]1NCCC2CC=C(C(F)(F)F)C=C21. The fourth-order valence-corrected chi connectivity index (χ4v) is 2.31. The predicted molar refractivity (Wildman–Crippen MR) is 52.4 cm³/mol. The van der Waals surface area contributed by atoms with Gasteiger partial charge in [0.15, 0.2) is 0 Å². The molecule has 2 aliphatic rings. The first-order valence-electron chi connectivity index (χ1n) is 5.20. The summed E-state index contributed by atoms with van der Waals surface area (Å²) in [7, 11) is 0. The second kappa shape index (κ2) is 3.67. The summed E-state index contributed by atoms with van der Waals surface area (Å²) in [4.78, 5) is 0. The Morgan fingerprint density at radius 2 is 2.13 bits per heavy atom. The Labute approximate surface area is 87.0 Å². The molecule has 1 aliphatic heterocycles. The van der Waals surface area contributed by atoms with Crippen molar-refractivity contribution < 1.29 is 13.2 Å². The number of halogens is 3. The molecule has 0 bridgehead atoms. The molecule has 0 spiro atoms. The Hall–Kier alpha value is -0.770. The molecule has 4 heteroatoms. The lowest BCUT2D eigenvalue weighted by molar-refractivity contribution is -0.0889. The van der Waals surface area contributed by atoms with Crippen molar-refractivity contribution in [3.63, 3.8) is 0 Å². The van der Waals surface area contributed by atoms with Crippen molar-refractivity contribution in [2.45, 2.75) is 32.0 Å². The van der Waals surface area contributed by atoms with Crippen LogP contribution in [0.2, 0.25) is 0 Å². The van der Waals surface area contributed by atoms with Crippen LogP contribution in [-0.4, -0.2) is 18.8 Å². The van der Waals surface area contributed by atoms with E-state index in [1.807, 2.05) is 6.92 Å². The Morgan fingerprint density at radius 1 is 1.40 bits per heavy atom. The highest BCUT2D eigenvalue weighted by molar-refractivity contribution is 5.36. The highest BCUT2D eigenvalue weighted by atomic mass is 19.4. The second-order valence-electron chi connectivity index (χ2n) is 4.20. The van der Waals surface area contributed by atoms with E-state index >= 15 is 0 Å². The van der Waals surface area contributed by atoms with Gasteiger partial charge in [-0.25, -0.2) is 0 Å². The van der Waals surface area contributed by atoms with Crippen molar-refractivity contribution in [2.75, 3.05) is 6.54 Å². The maximum absolute atomic E-state index is 12.5. The zero-order valence-electron chi connectivity index (χ0n) is 8.56. The Kier molecular flexibility index (Phi) is 2.63. The monoisotopic (exact) mass is 217 g/mol. The molecular formula is C11H14F3N. The van der Waals surface area contributed by atoms with Gasteiger partial charge < -0.3 is 5.32 Å². The number of piperidine rings is 1. The summed E-state index contributed by atoms with van der Waals surface area (Å²) in [6.07, 6.45) is -0.0726. The fourth-order valence-electron chi connectivity index (χ4n) is 2.31. The highest BCUT2D eigenvalue weighted by Gasteiger charge is 2.36. The van der Waals surface area contributed by atoms with Crippen LogP contribution in [0.4, 0.5) is 13.2 Å². The van der Waals surface area contributed by atoms with Crippen LogP contribution in [0.1, 0.15) is 19.8 Å². The van der Waals surface area contributed by atoms with Crippen molar-refractivity contribution in [1.82, 2.24) is 5.32 Å². The molecule has 1 aliphatic carbocycles. The van der Waals surface area contributed by atoms with Crippen LogP contribution in [0.15, 0.2) is 23.3 Å². The topological polar surface area (TPSA) is 12.0 Å². The average Bonchev–Trinajstić information content (AvgIpc) is 2.16. The number of nitrogens with one attached hydrogen (secondary N) is 1. The molecule has 84 valence electrons. The largest absolute Gasteiger partial charge is 0.416 e. The molecule has 1 unspecified atom stereocenters. The van der Waals surface area contributed by atoms with E-state index in [4.69, 9.17) is 0 Å². The molecule has 1 saturated heterocycles. The smallest absolute Gasteiger partial charge is 0.310 e. The summed E-state index contributed by atoms with van der Waals surface area (Å²) >= 11 is 0. The van der Waals surface area contributed by atoms with Crippen LogP contribution in [0.5, 0.6) is 0 Å². The molecule has 0 saturated carbocycles. The van der Waals surface area contributed by atoms with Gasteiger partial charge in [0.1, 0.15) is 0 Å². The third-order valence-electron chi connectivity index (χ3n) is 3.19. The summed E-state index contributed by atoms with van der Waals surface area (Å²) in [5.41, 5.74) is 0.431. The van der Waals surface area contributed by atoms with E-state index in [9.17, 15) is 13.2 Å². The maximum Gasteiger partial charge on any atom is 0.416 e. The Balaban J connectivity index is 2.25. The summed E-state index contributed by atoms with van der Waals surface area (Å²) in [6, 6.07) is 0.0785. The van der Waals surface area contributed by atoms with Crippen molar-refractivity contribution in [2.24, 2.45) is 5.92 Å². The first-order valence-corrected chi connectivity index (χ1v) is 5.20. The van der Waals surface area contributed by atoms with Gasteiger partial charge in [0, 0.05) is 6.04 Å². The first-order chi connectivity index (χ1) is 6.98. The van der Waals surface area contributed by atoms with Crippen LogP contribution in [-0.2, 0) is 0 Å². The van der Waals surface area contributed by atoms with Crippen molar-refractivity contribution in [1.29, 1.82) is 0 Å². The number of hydrogen-bond acceptors (Lipinski definition) is 1. The molecule has 1 N–H and O–H groups in total. The molecule has 1 heterocycles. The standard InChI is InChI=1S/C11H14F3N/c1-7-10-6-9(11(12,13)14)3-2-8(10)4-5-15-7/h3,6-8,15H,2,4-5H2,1H3/t7-,8?/m1/s1. The number of allylic oxidation sites excluding steroid dienone is 3. The zero-order valence-corrected chi connectivity index (χ0v) is 8.56. The van der Waals surface area contributed by atoms with Crippen LogP contribution in [0, 0.1) is 5.92 Å². The zero-order chi connectivity index (χ0) is 11.1. The van der Waals surface area contributed by atoms with E-state index < -0.39 is 11.7 Å². The normalized spacial score (nSPS) is 31.7. The van der Waals surface area contributed by atoms with E-state index in [0.29, 0.717) is 12.3 Å². The third kappa shape index (κ3) is 2.09. The van der Waals surface area contributed by atoms with Crippen LogP contribution in [0.25, 0.3) is 0 Å². The average molecular weight is 217 g/mol. The number of fused-ring (bicyclic) bond motifs is 1. The molecule has 1 fully saturated rings. The van der Waals surface area contributed by atoms with Crippen molar-refractivity contribution in [3.8, 4) is 0 Å². The second-order valence-corrected chi connectivity index (χ2v) is 4.20. The lowest BCUT2D eigenvalue weighted by Gasteiger charge is -2.34. The van der Waals surface area contributed by atoms with E-state index in [1.54, 1.807) is 0 Å². The molecule has 2 rings (SSSR count). The molecule has 0 aromatic rings. The minimum atomic E-state index is -4.20. The minimum absolute atomic E-state index is 0.0785. The molecule has 0 radical (unpaired) electrons. The molecule has 2 atom stereocenters. The molecular weight excluding hydrogens is 203 g/mol. The summed E-state index contributed by atoms with van der Waals surface area (Å²) in [5, 5.41) is 3.19. The maximum atomic E-state index is 12.5. The number of rotatable bonds is 0. The number of alkyl halides is 3. The summed E-state index contributed by atoms with van der Waals surface area (Å²) < 4.78 is 37.5. The molecule has 0 aromatic heterocycles. The van der Waals surface area contributed by atoms with Gasteiger partial charge in [-0.05, 0) is 43.9 Å². The molecule has 0 aromatic carbocycles. The van der Waals surface area contributed by atoms with Crippen LogP contribution < -0.4 is 5.32 Å². The molecule has 0 amide bonds. The van der Waals surface area contributed by atoms with Gasteiger partial charge in [0.25, 0.3) is 0 Å². The highest BCUT2D eigenvalue weighted by Crippen LogP contribution is 2.37. The van der Waals surface area contributed by atoms with Gasteiger partial charge in [0.2, 0.25) is 0 Å². The lowest BCUT2D eigenvalue weighted by Crippen LogP contribution is -2.39. The van der Waals surface area contributed by atoms with Gasteiger partial charge >= 0.3 is 6.18 Å². The number of hydrogen-bond donors (Lipinski definition) is 1. The van der Waals surface area contributed by atoms with Crippen LogP contribution in [0.3, 0.4) is 0 Å². The first kappa shape index (κ1) is 10.7. The van der Waals surface area contributed by atoms with Crippen molar-refractivity contribution >= 4 is 0 Å². The molecule has 1 nitrogen and oxygen atoms in total. The van der Waals surface area contributed by atoms with E-state index in [0.717, 1.165) is 18.5 Å². The van der Waals surface area contributed by atoms with Crippen LogP contribution >= 0.6 is 0 Å². The summed E-state index contributed by atoms with van der Waals surface area (Å²) in [6.45, 7) is 2.83. The van der Waals surface area contributed by atoms with Crippen molar-refractivity contribution in [3.05, 3.63) is 23.3 Å². The Morgan fingerprint density at radius 3 is 2.80 bits per heavy atom. The quantitative estimate of drug-likeness (QED) is 0.658.